The molecule has 0 radical (unpaired) electrons. The Morgan fingerprint density at radius 2 is 2.00 bits per heavy atom. The molecule has 2 aromatic rings. The summed E-state index contributed by atoms with van der Waals surface area (Å²) in [6.45, 7) is 4.68. The van der Waals surface area contributed by atoms with Crippen molar-refractivity contribution in [2.75, 3.05) is 25.0 Å². The van der Waals surface area contributed by atoms with E-state index in [0.29, 0.717) is 24.5 Å². The molecular formula is C16H22N6O2S. The monoisotopic (exact) mass is 362 g/mol. The van der Waals surface area contributed by atoms with Crippen LogP contribution in [0.4, 0.5) is 5.82 Å². The van der Waals surface area contributed by atoms with E-state index in [0.717, 1.165) is 30.8 Å². The highest BCUT2D eigenvalue weighted by molar-refractivity contribution is 7.89. The highest BCUT2D eigenvalue weighted by Crippen LogP contribution is 2.29. The van der Waals surface area contributed by atoms with Crippen LogP contribution in [0, 0.1) is 13.8 Å². The third-order valence-electron chi connectivity index (χ3n) is 5.20. The van der Waals surface area contributed by atoms with Crippen molar-refractivity contribution < 1.29 is 8.42 Å². The number of nitrogens with one attached hydrogen (secondary N) is 1. The van der Waals surface area contributed by atoms with Crippen molar-refractivity contribution in [1.82, 2.24) is 24.7 Å². The topological polar surface area (TPSA) is 95.1 Å². The molecule has 1 aliphatic carbocycles. The minimum absolute atomic E-state index is 0.0752. The van der Waals surface area contributed by atoms with Gasteiger partial charge in [0.25, 0.3) is 0 Å². The zero-order chi connectivity index (χ0) is 17.8. The lowest BCUT2D eigenvalue weighted by Gasteiger charge is -2.43. The number of aryl methyl sites for hydroxylation is 4. The maximum atomic E-state index is 12.9. The molecule has 8 nitrogen and oxygen atoms in total. The van der Waals surface area contributed by atoms with Crippen molar-refractivity contribution in [2.24, 2.45) is 0 Å². The second-order valence-electron chi connectivity index (χ2n) is 6.87. The number of hydrogen-bond donors (Lipinski definition) is 1. The number of fused-ring (bicyclic) bond motifs is 1. The maximum Gasteiger partial charge on any atom is 0.246 e. The van der Waals surface area contributed by atoms with Gasteiger partial charge in [0.1, 0.15) is 4.90 Å². The Bertz CT molecular complexity index is 897. The predicted octanol–water partition coefficient (Wildman–Crippen LogP) is 0.815. The quantitative estimate of drug-likeness (QED) is 0.865. The molecule has 3 heterocycles. The SMILES string of the molecule is Cc1n[nH]c(C)c1S(=O)(=O)N(C)C1CN(c2cc3c(nn2)CCC3)C1. The van der Waals surface area contributed by atoms with Gasteiger partial charge in [-0.05, 0) is 44.7 Å². The standard InChI is InChI=1S/C16H22N6O2S/c1-10-16(11(2)18-17-10)25(23,24)21(3)13-8-22(9-13)15-7-12-5-4-6-14(12)19-20-15/h7,13H,4-6,8-9H2,1-3H3,(H,17,18). The average molecular weight is 362 g/mol. The molecular weight excluding hydrogens is 340 g/mol. The minimum Gasteiger partial charge on any atom is -0.352 e. The second-order valence-corrected chi connectivity index (χ2v) is 8.81. The highest BCUT2D eigenvalue weighted by Gasteiger charge is 2.39. The molecule has 0 spiro atoms. The smallest absolute Gasteiger partial charge is 0.246 e. The summed E-state index contributed by atoms with van der Waals surface area (Å²) >= 11 is 0. The molecule has 0 bridgehead atoms. The molecule has 1 aliphatic heterocycles. The largest absolute Gasteiger partial charge is 0.352 e. The van der Waals surface area contributed by atoms with E-state index in [2.05, 4.69) is 31.4 Å². The maximum absolute atomic E-state index is 12.9. The number of sulfonamides is 1. The first kappa shape index (κ1) is 16.5. The van der Waals surface area contributed by atoms with Crippen molar-refractivity contribution in [3.8, 4) is 0 Å². The zero-order valence-electron chi connectivity index (χ0n) is 14.7. The van der Waals surface area contributed by atoms with Gasteiger partial charge in [-0.25, -0.2) is 8.42 Å². The number of nitrogens with zero attached hydrogens (tertiary/aromatic N) is 5. The van der Waals surface area contributed by atoms with E-state index in [-0.39, 0.29) is 10.9 Å². The molecule has 1 N–H and O–H groups in total. The second kappa shape index (κ2) is 5.77. The van der Waals surface area contributed by atoms with Crippen LogP contribution in [-0.2, 0) is 22.9 Å². The first-order valence-corrected chi connectivity index (χ1v) is 9.92. The van der Waals surface area contributed by atoms with Gasteiger partial charge in [-0.1, -0.05) is 0 Å². The number of aromatic amines is 1. The van der Waals surface area contributed by atoms with Crippen LogP contribution in [0.1, 0.15) is 29.1 Å². The van der Waals surface area contributed by atoms with Gasteiger partial charge in [0.15, 0.2) is 5.82 Å². The Balaban J connectivity index is 1.48. The molecule has 0 saturated carbocycles. The van der Waals surface area contributed by atoms with Crippen molar-refractivity contribution in [3.05, 3.63) is 28.7 Å². The molecule has 1 fully saturated rings. The predicted molar refractivity (Wildman–Crippen MR) is 93.1 cm³/mol. The number of hydrogen-bond acceptors (Lipinski definition) is 6. The normalized spacial score (nSPS) is 17.8. The van der Waals surface area contributed by atoms with E-state index in [1.165, 1.54) is 9.87 Å². The summed E-state index contributed by atoms with van der Waals surface area (Å²) in [4.78, 5) is 2.36. The first-order chi connectivity index (χ1) is 11.9. The van der Waals surface area contributed by atoms with E-state index in [1.54, 1.807) is 20.9 Å². The van der Waals surface area contributed by atoms with Gasteiger partial charge in [0.2, 0.25) is 10.0 Å². The first-order valence-electron chi connectivity index (χ1n) is 8.48. The van der Waals surface area contributed by atoms with Gasteiger partial charge in [-0.2, -0.15) is 14.5 Å². The van der Waals surface area contributed by atoms with Gasteiger partial charge in [0.05, 0.1) is 23.1 Å². The molecule has 0 aromatic carbocycles. The molecule has 0 unspecified atom stereocenters. The van der Waals surface area contributed by atoms with Gasteiger partial charge in [-0.15, -0.1) is 5.10 Å². The van der Waals surface area contributed by atoms with E-state index in [1.807, 2.05) is 0 Å². The summed E-state index contributed by atoms with van der Waals surface area (Å²) in [6.07, 6.45) is 3.21. The van der Waals surface area contributed by atoms with Crippen LogP contribution in [-0.4, -0.2) is 59.3 Å². The summed E-state index contributed by atoms with van der Waals surface area (Å²) in [7, 11) is -1.92. The van der Waals surface area contributed by atoms with Gasteiger partial charge in [0, 0.05) is 20.1 Å². The van der Waals surface area contributed by atoms with Crippen LogP contribution in [0.2, 0.25) is 0 Å². The molecule has 1 saturated heterocycles. The van der Waals surface area contributed by atoms with E-state index < -0.39 is 10.0 Å². The van der Waals surface area contributed by atoms with Crippen molar-refractivity contribution in [3.63, 3.8) is 0 Å². The number of H-pyrrole nitrogens is 1. The Hall–Kier alpha value is -2.00. The Morgan fingerprint density at radius 1 is 1.24 bits per heavy atom. The fourth-order valence-corrected chi connectivity index (χ4v) is 5.27. The third-order valence-corrected chi connectivity index (χ3v) is 7.38. The lowest BCUT2D eigenvalue weighted by Crippen LogP contribution is -2.60. The average Bonchev–Trinajstić information content (AvgIpc) is 3.11. The molecule has 9 heteroatoms. The van der Waals surface area contributed by atoms with Crippen molar-refractivity contribution in [1.29, 1.82) is 0 Å². The fraction of sp³-hybridized carbons (Fsp3) is 0.562. The Labute approximate surface area is 147 Å². The summed E-state index contributed by atoms with van der Waals surface area (Å²) in [5.74, 6) is 0.846. The molecule has 0 amide bonds. The Morgan fingerprint density at radius 3 is 2.68 bits per heavy atom. The van der Waals surface area contributed by atoms with Crippen LogP contribution in [0.5, 0.6) is 0 Å². The van der Waals surface area contributed by atoms with Crippen LogP contribution in [0.25, 0.3) is 0 Å². The van der Waals surface area contributed by atoms with Crippen LogP contribution < -0.4 is 4.90 Å². The number of anilines is 1. The van der Waals surface area contributed by atoms with E-state index in [9.17, 15) is 8.42 Å². The molecule has 4 rings (SSSR count). The minimum atomic E-state index is -3.56. The highest BCUT2D eigenvalue weighted by atomic mass is 32.2. The molecule has 0 atom stereocenters. The van der Waals surface area contributed by atoms with Gasteiger partial charge < -0.3 is 4.90 Å². The van der Waals surface area contributed by atoms with Crippen LogP contribution >= 0.6 is 0 Å². The fourth-order valence-electron chi connectivity index (χ4n) is 3.60. The van der Waals surface area contributed by atoms with Gasteiger partial charge >= 0.3 is 0 Å². The zero-order valence-corrected chi connectivity index (χ0v) is 15.5. The third kappa shape index (κ3) is 2.62. The lowest BCUT2D eigenvalue weighted by atomic mass is 10.1. The van der Waals surface area contributed by atoms with Gasteiger partial charge in [-0.3, -0.25) is 5.10 Å². The van der Waals surface area contributed by atoms with Crippen molar-refractivity contribution >= 4 is 15.8 Å². The van der Waals surface area contributed by atoms with Crippen molar-refractivity contribution in [2.45, 2.75) is 44.0 Å². The summed E-state index contributed by atoms with van der Waals surface area (Å²) in [5, 5.41) is 15.4. The molecule has 134 valence electrons. The molecule has 2 aliphatic rings. The van der Waals surface area contributed by atoms with Crippen LogP contribution in [0.15, 0.2) is 11.0 Å². The summed E-state index contributed by atoms with van der Waals surface area (Å²) < 4.78 is 27.2. The molecule has 25 heavy (non-hydrogen) atoms. The number of likely N-dealkylation sites (N-methyl/N-ethyl adjacent to an activating group) is 1. The summed E-state index contributed by atoms with van der Waals surface area (Å²) in [5.41, 5.74) is 3.46. The van der Waals surface area contributed by atoms with Crippen LogP contribution in [0.3, 0.4) is 0 Å². The Kier molecular flexibility index (Phi) is 3.80. The number of rotatable bonds is 4. The van der Waals surface area contributed by atoms with E-state index >= 15 is 0 Å². The molecule has 2 aromatic heterocycles. The number of aromatic nitrogens is 4. The van der Waals surface area contributed by atoms with E-state index in [4.69, 9.17) is 0 Å². The lowest BCUT2D eigenvalue weighted by molar-refractivity contribution is 0.308. The summed E-state index contributed by atoms with van der Waals surface area (Å²) in [6, 6.07) is 2.03.